The van der Waals surface area contributed by atoms with Crippen LogP contribution in [-0.2, 0) is 27.2 Å². The third-order valence-corrected chi connectivity index (χ3v) is 3.98. The number of rotatable bonds is 10. The highest BCUT2D eigenvalue weighted by Crippen LogP contribution is 2.15. The molecule has 0 aliphatic carbocycles. The van der Waals surface area contributed by atoms with Crippen molar-refractivity contribution in [3.05, 3.63) is 65.7 Å². The number of esters is 1. The van der Waals surface area contributed by atoms with Gasteiger partial charge in [-0.05, 0) is 42.5 Å². The van der Waals surface area contributed by atoms with E-state index in [-0.39, 0.29) is 12.4 Å². The number of ether oxygens (including phenoxy) is 2. The average molecular weight is 386 g/mol. The standard InChI is InChI=1S/C14H20O3.C9H10O2/c1-3-4-10-17-13-7-5-6-12(11-13)8-9-14(15)16-2;10-9(11)7-6-8-4-2-1-3-5-8/h5-7,11H,3-4,8-10H2,1-2H3;1-5H,6-7H2,(H,10,11). The summed E-state index contributed by atoms with van der Waals surface area (Å²) in [6.45, 7) is 2.88. The molecule has 0 fully saturated rings. The molecular formula is C23H30O5. The SMILES string of the molecule is CCCCOc1cccc(CCC(=O)OC)c1.O=C(O)CCc1ccccc1. The first-order chi connectivity index (χ1) is 13.5. The second-order valence-electron chi connectivity index (χ2n) is 6.30. The summed E-state index contributed by atoms with van der Waals surface area (Å²) in [6, 6.07) is 17.5. The molecule has 0 heterocycles. The van der Waals surface area contributed by atoms with Gasteiger partial charge in [0.2, 0.25) is 0 Å². The van der Waals surface area contributed by atoms with Crippen LogP contribution in [0.5, 0.6) is 5.75 Å². The molecule has 0 saturated heterocycles. The van der Waals surface area contributed by atoms with Gasteiger partial charge in [-0.1, -0.05) is 55.8 Å². The van der Waals surface area contributed by atoms with Crippen molar-refractivity contribution >= 4 is 11.9 Å². The van der Waals surface area contributed by atoms with Crippen LogP contribution in [0.25, 0.3) is 0 Å². The monoisotopic (exact) mass is 386 g/mol. The van der Waals surface area contributed by atoms with E-state index in [1.165, 1.54) is 7.11 Å². The Morgan fingerprint density at radius 2 is 1.61 bits per heavy atom. The first-order valence-electron chi connectivity index (χ1n) is 9.59. The lowest BCUT2D eigenvalue weighted by molar-refractivity contribution is -0.140. The predicted octanol–water partition coefficient (Wildman–Crippen LogP) is 4.67. The normalized spacial score (nSPS) is 9.79. The molecule has 0 spiro atoms. The van der Waals surface area contributed by atoms with E-state index in [9.17, 15) is 9.59 Å². The molecule has 0 saturated carbocycles. The van der Waals surface area contributed by atoms with Crippen LogP contribution in [0, 0.1) is 0 Å². The average Bonchev–Trinajstić information content (AvgIpc) is 2.72. The molecule has 0 amide bonds. The maximum Gasteiger partial charge on any atom is 0.305 e. The Morgan fingerprint density at radius 1 is 0.929 bits per heavy atom. The lowest BCUT2D eigenvalue weighted by Gasteiger charge is -2.07. The van der Waals surface area contributed by atoms with Crippen LogP contribution in [-0.4, -0.2) is 30.8 Å². The number of hydrogen-bond donors (Lipinski definition) is 1. The van der Waals surface area contributed by atoms with Crippen LogP contribution < -0.4 is 4.74 Å². The summed E-state index contributed by atoms with van der Waals surface area (Å²) < 4.78 is 10.2. The van der Waals surface area contributed by atoms with Crippen molar-refractivity contribution in [1.29, 1.82) is 0 Å². The number of carbonyl (C=O) groups excluding carboxylic acids is 1. The van der Waals surface area contributed by atoms with Crippen LogP contribution in [0.3, 0.4) is 0 Å². The first-order valence-corrected chi connectivity index (χ1v) is 9.59. The lowest BCUT2D eigenvalue weighted by Crippen LogP contribution is -2.02. The van der Waals surface area contributed by atoms with Gasteiger partial charge in [0.05, 0.1) is 13.7 Å². The number of aryl methyl sites for hydroxylation is 2. The molecule has 1 N–H and O–H groups in total. The van der Waals surface area contributed by atoms with Gasteiger partial charge in [0, 0.05) is 12.8 Å². The molecule has 0 aliphatic rings. The zero-order chi connectivity index (χ0) is 20.6. The molecule has 28 heavy (non-hydrogen) atoms. The molecule has 2 aromatic carbocycles. The van der Waals surface area contributed by atoms with Gasteiger partial charge in [0.1, 0.15) is 5.75 Å². The van der Waals surface area contributed by atoms with Crippen LogP contribution in [0.1, 0.15) is 43.7 Å². The highest BCUT2D eigenvalue weighted by Gasteiger charge is 2.02. The number of hydrogen-bond acceptors (Lipinski definition) is 4. The lowest BCUT2D eigenvalue weighted by atomic mass is 10.1. The van der Waals surface area contributed by atoms with E-state index in [2.05, 4.69) is 11.7 Å². The van der Waals surface area contributed by atoms with Crippen molar-refractivity contribution in [3.63, 3.8) is 0 Å². The summed E-state index contributed by atoms with van der Waals surface area (Å²) >= 11 is 0. The largest absolute Gasteiger partial charge is 0.494 e. The van der Waals surface area contributed by atoms with Crippen molar-refractivity contribution in [3.8, 4) is 5.75 Å². The smallest absolute Gasteiger partial charge is 0.305 e. The van der Waals surface area contributed by atoms with E-state index >= 15 is 0 Å². The van der Waals surface area contributed by atoms with Crippen LogP contribution in [0.4, 0.5) is 0 Å². The summed E-state index contributed by atoms with van der Waals surface area (Å²) in [5.74, 6) is -0.0445. The summed E-state index contributed by atoms with van der Waals surface area (Å²) in [5.41, 5.74) is 2.18. The number of carboxylic acids is 1. The van der Waals surface area contributed by atoms with Crippen molar-refractivity contribution in [2.75, 3.05) is 13.7 Å². The van der Waals surface area contributed by atoms with Crippen molar-refractivity contribution in [2.24, 2.45) is 0 Å². The van der Waals surface area contributed by atoms with E-state index in [0.717, 1.165) is 36.3 Å². The van der Waals surface area contributed by atoms with E-state index in [4.69, 9.17) is 9.84 Å². The molecule has 0 bridgehead atoms. The number of carbonyl (C=O) groups is 2. The number of unbranched alkanes of at least 4 members (excludes halogenated alkanes) is 1. The Morgan fingerprint density at radius 3 is 2.25 bits per heavy atom. The van der Waals surface area contributed by atoms with Gasteiger partial charge in [-0.2, -0.15) is 0 Å². The molecular weight excluding hydrogens is 356 g/mol. The minimum atomic E-state index is -0.742. The maximum absolute atomic E-state index is 11.0. The van der Waals surface area contributed by atoms with Crippen molar-refractivity contribution < 1.29 is 24.2 Å². The first kappa shape index (κ1) is 23.2. The molecule has 2 aromatic rings. The topological polar surface area (TPSA) is 72.8 Å². The molecule has 2 rings (SSSR count). The molecule has 0 atom stereocenters. The third kappa shape index (κ3) is 11.0. The van der Waals surface area contributed by atoms with Gasteiger partial charge in [-0.3, -0.25) is 9.59 Å². The fourth-order valence-corrected chi connectivity index (χ4v) is 2.37. The van der Waals surface area contributed by atoms with E-state index in [1.807, 2.05) is 54.6 Å². The van der Waals surface area contributed by atoms with Crippen molar-refractivity contribution in [2.45, 2.75) is 45.4 Å². The maximum atomic E-state index is 11.0. The van der Waals surface area contributed by atoms with Gasteiger partial charge in [-0.25, -0.2) is 0 Å². The van der Waals surface area contributed by atoms with Gasteiger partial charge in [0.15, 0.2) is 0 Å². The second-order valence-corrected chi connectivity index (χ2v) is 6.30. The molecule has 0 aliphatic heterocycles. The molecule has 0 aromatic heterocycles. The van der Waals surface area contributed by atoms with E-state index in [1.54, 1.807) is 0 Å². The van der Waals surface area contributed by atoms with Gasteiger partial charge >= 0.3 is 11.9 Å². The fraction of sp³-hybridized carbons (Fsp3) is 0.391. The second kappa shape index (κ2) is 14.3. The Kier molecular flexibility index (Phi) is 11.8. The fourth-order valence-electron chi connectivity index (χ4n) is 2.37. The quantitative estimate of drug-likeness (QED) is 0.474. The molecule has 5 heteroatoms. The van der Waals surface area contributed by atoms with Crippen molar-refractivity contribution in [1.82, 2.24) is 0 Å². The summed E-state index contributed by atoms with van der Waals surface area (Å²) in [5, 5.41) is 8.37. The van der Waals surface area contributed by atoms with E-state index in [0.29, 0.717) is 19.3 Å². The molecule has 0 radical (unpaired) electrons. The van der Waals surface area contributed by atoms with Gasteiger partial charge in [-0.15, -0.1) is 0 Å². The predicted molar refractivity (Wildman–Crippen MR) is 110 cm³/mol. The number of aliphatic carboxylic acids is 1. The Labute approximate surface area is 167 Å². The third-order valence-electron chi connectivity index (χ3n) is 3.98. The number of benzene rings is 2. The highest BCUT2D eigenvalue weighted by atomic mass is 16.5. The minimum absolute atomic E-state index is 0.178. The molecule has 0 unspecified atom stereocenters. The summed E-state index contributed by atoms with van der Waals surface area (Å²) in [4.78, 5) is 21.2. The van der Waals surface area contributed by atoms with Crippen LogP contribution in [0.2, 0.25) is 0 Å². The van der Waals surface area contributed by atoms with Crippen LogP contribution >= 0.6 is 0 Å². The zero-order valence-electron chi connectivity index (χ0n) is 16.7. The van der Waals surface area contributed by atoms with Gasteiger partial charge < -0.3 is 14.6 Å². The molecule has 5 nitrogen and oxygen atoms in total. The Bertz CT molecular complexity index is 697. The highest BCUT2D eigenvalue weighted by molar-refractivity contribution is 5.69. The van der Waals surface area contributed by atoms with Crippen LogP contribution in [0.15, 0.2) is 54.6 Å². The zero-order valence-corrected chi connectivity index (χ0v) is 16.7. The number of methoxy groups -OCH3 is 1. The summed E-state index contributed by atoms with van der Waals surface area (Å²) in [6.07, 6.45) is 4.13. The Balaban J connectivity index is 0.000000307. The van der Waals surface area contributed by atoms with Gasteiger partial charge in [0.25, 0.3) is 0 Å². The molecule has 152 valence electrons. The minimum Gasteiger partial charge on any atom is -0.494 e. The number of carboxylic acid groups (broad SMARTS) is 1. The van der Waals surface area contributed by atoms with E-state index < -0.39 is 5.97 Å². The summed E-state index contributed by atoms with van der Waals surface area (Å²) in [7, 11) is 1.41. The Hall–Kier alpha value is -2.82.